The molecule has 25 heavy (non-hydrogen) atoms. The lowest BCUT2D eigenvalue weighted by atomic mass is 9.93. The van der Waals surface area contributed by atoms with E-state index < -0.39 is 0 Å². The molecule has 0 radical (unpaired) electrons. The van der Waals surface area contributed by atoms with Crippen LogP contribution in [0.1, 0.15) is 5.56 Å². The molecule has 2 aromatic rings. The molecule has 0 spiro atoms. The van der Waals surface area contributed by atoms with Gasteiger partial charge in [0.1, 0.15) is 0 Å². The molecule has 118 valence electrons. The molecule has 0 N–H and O–H groups in total. The SMILES string of the molecule is C(=C1C=C[C+](c2ccccc2)C=C1)=c1ccc(=C2C=C[CH-]C=C2)cc1. The molecule has 0 aromatic heterocycles. The summed E-state index contributed by atoms with van der Waals surface area (Å²) in [6.45, 7) is 0. The standard InChI is InChI=1S/C25H18/c1-3-7-22(8-4-1)24-15-11-20(12-16-24)19-21-13-17-25(18-14-21)23-9-5-2-6-10-23/h1-18H. The first kappa shape index (κ1) is 15.2. The Morgan fingerprint density at radius 1 is 0.720 bits per heavy atom. The third kappa shape index (κ3) is 3.61. The van der Waals surface area contributed by atoms with Crippen LogP contribution in [0.3, 0.4) is 0 Å². The van der Waals surface area contributed by atoms with Crippen molar-refractivity contribution in [2.45, 2.75) is 0 Å². The summed E-state index contributed by atoms with van der Waals surface area (Å²) in [6, 6.07) is 19.0. The highest BCUT2D eigenvalue weighted by atomic mass is 14.1. The lowest BCUT2D eigenvalue weighted by Crippen LogP contribution is -2.09. The fraction of sp³-hybridized carbons (Fsp3) is 0. The van der Waals surface area contributed by atoms with Gasteiger partial charge in [-0.3, -0.25) is 0 Å². The highest BCUT2D eigenvalue weighted by molar-refractivity contribution is 5.69. The van der Waals surface area contributed by atoms with E-state index >= 15 is 0 Å². The van der Waals surface area contributed by atoms with Gasteiger partial charge in [0.2, 0.25) is 0 Å². The van der Waals surface area contributed by atoms with E-state index in [4.69, 9.17) is 0 Å². The number of allylic oxidation sites excluding steroid dienone is 9. The summed E-state index contributed by atoms with van der Waals surface area (Å²) >= 11 is 0. The summed E-state index contributed by atoms with van der Waals surface area (Å²) in [5.74, 6) is 1.23. The Morgan fingerprint density at radius 3 is 2.08 bits per heavy atom. The van der Waals surface area contributed by atoms with Crippen LogP contribution in [-0.2, 0) is 0 Å². The largest absolute Gasteiger partial charge is 0.172 e. The molecule has 4 rings (SSSR count). The van der Waals surface area contributed by atoms with Crippen molar-refractivity contribution in [3.05, 3.63) is 137 Å². The van der Waals surface area contributed by atoms with Gasteiger partial charge in [0.15, 0.2) is 0 Å². The molecule has 2 aliphatic carbocycles. The predicted octanol–water partition coefficient (Wildman–Crippen LogP) is 4.22. The van der Waals surface area contributed by atoms with E-state index in [1.807, 2.05) is 12.5 Å². The molecule has 0 unspecified atom stereocenters. The van der Waals surface area contributed by atoms with Gasteiger partial charge in [-0.25, -0.2) is 0 Å². The van der Waals surface area contributed by atoms with Crippen LogP contribution in [0.4, 0.5) is 0 Å². The maximum absolute atomic E-state index is 3.46. The van der Waals surface area contributed by atoms with Crippen LogP contribution in [0, 0.1) is 12.3 Å². The van der Waals surface area contributed by atoms with Gasteiger partial charge >= 0.3 is 0 Å². The molecule has 0 amide bonds. The molecule has 0 fully saturated rings. The van der Waals surface area contributed by atoms with Gasteiger partial charge in [-0.05, 0) is 35.6 Å². The van der Waals surface area contributed by atoms with Gasteiger partial charge in [0.05, 0.1) is 17.1 Å². The van der Waals surface area contributed by atoms with Gasteiger partial charge < -0.3 is 0 Å². The first-order valence-electron chi connectivity index (χ1n) is 8.46. The maximum atomic E-state index is 3.46. The number of hydrogen-bond acceptors (Lipinski definition) is 0. The minimum Gasteiger partial charge on any atom is -0.172 e. The molecule has 2 aliphatic rings. The van der Waals surface area contributed by atoms with E-state index in [0.717, 1.165) is 10.8 Å². The molecule has 0 nitrogen and oxygen atoms in total. The minimum atomic E-state index is 1.09. The lowest BCUT2D eigenvalue weighted by molar-refractivity contribution is 1.33. The van der Waals surface area contributed by atoms with E-state index in [9.17, 15) is 0 Å². The summed E-state index contributed by atoms with van der Waals surface area (Å²) in [5, 5.41) is 2.32. The highest BCUT2D eigenvalue weighted by Crippen LogP contribution is 2.22. The fourth-order valence-electron chi connectivity index (χ4n) is 2.92. The number of benzene rings is 2. The summed E-state index contributed by atoms with van der Waals surface area (Å²) < 4.78 is 0. The van der Waals surface area contributed by atoms with Crippen molar-refractivity contribution in [3.63, 3.8) is 0 Å². The van der Waals surface area contributed by atoms with Crippen molar-refractivity contribution >= 4 is 11.3 Å². The van der Waals surface area contributed by atoms with Crippen LogP contribution < -0.4 is 10.4 Å². The third-order valence-corrected chi connectivity index (χ3v) is 4.27. The first-order valence-corrected chi connectivity index (χ1v) is 8.46. The molecule has 0 saturated heterocycles. The Labute approximate surface area is 148 Å². The Hall–Kier alpha value is -3.34. The van der Waals surface area contributed by atoms with Gasteiger partial charge in [0.25, 0.3) is 0 Å². The van der Waals surface area contributed by atoms with E-state index in [2.05, 4.69) is 103 Å². The van der Waals surface area contributed by atoms with E-state index in [1.165, 1.54) is 22.3 Å². The zero-order valence-electron chi connectivity index (χ0n) is 13.9. The molecule has 0 aliphatic heterocycles. The maximum Gasteiger partial charge on any atom is 0.0826 e. The van der Waals surface area contributed by atoms with Crippen molar-refractivity contribution in [2.75, 3.05) is 0 Å². The summed E-state index contributed by atoms with van der Waals surface area (Å²) in [4.78, 5) is 0. The second-order valence-corrected chi connectivity index (χ2v) is 6.01. The Morgan fingerprint density at radius 2 is 1.40 bits per heavy atom. The average molecular weight is 318 g/mol. The lowest BCUT2D eigenvalue weighted by Gasteiger charge is -2.07. The third-order valence-electron chi connectivity index (χ3n) is 4.27. The van der Waals surface area contributed by atoms with E-state index in [1.54, 1.807) is 0 Å². The zero-order chi connectivity index (χ0) is 16.9. The second-order valence-electron chi connectivity index (χ2n) is 6.01. The first-order chi connectivity index (χ1) is 12.4. The van der Waals surface area contributed by atoms with Crippen molar-refractivity contribution < 1.29 is 0 Å². The van der Waals surface area contributed by atoms with E-state index in [0.29, 0.717) is 0 Å². The Balaban J connectivity index is 1.63. The fourth-order valence-corrected chi connectivity index (χ4v) is 2.92. The monoisotopic (exact) mass is 318 g/mol. The van der Waals surface area contributed by atoms with Crippen LogP contribution in [0.2, 0.25) is 0 Å². The quantitative estimate of drug-likeness (QED) is 0.691. The molecular weight excluding hydrogens is 300 g/mol. The molecule has 0 heterocycles. The van der Waals surface area contributed by atoms with Crippen molar-refractivity contribution in [3.8, 4) is 0 Å². The van der Waals surface area contributed by atoms with Crippen LogP contribution >= 0.6 is 0 Å². The highest BCUT2D eigenvalue weighted by Gasteiger charge is 2.13. The van der Waals surface area contributed by atoms with Crippen molar-refractivity contribution in [1.29, 1.82) is 0 Å². The van der Waals surface area contributed by atoms with Gasteiger partial charge in [-0.2, -0.15) is 30.7 Å². The topological polar surface area (TPSA) is 0 Å². The van der Waals surface area contributed by atoms with Gasteiger partial charge in [-0.15, -0.1) is 5.57 Å². The van der Waals surface area contributed by atoms with Gasteiger partial charge in [0, 0.05) is 41.7 Å². The predicted molar refractivity (Wildman–Crippen MR) is 106 cm³/mol. The molecule has 0 bridgehead atoms. The zero-order valence-corrected chi connectivity index (χ0v) is 13.9. The van der Waals surface area contributed by atoms with E-state index in [-0.39, 0.29) is 0 Å². The average Bonchev–Trinajstić information content (AvgIpc) is 2.71. The summed E-state index contributed by atoms with van der Waals surface area (Å²) in [7, 11) is 0. The summed E-state index contributed by atoms with van der Waals surface area (Å²) in [6.07, 6.45) is 19.0. The van der Waals surface area contributed by atoms with Crippen molar-refractivity contribution in [1.82, 2.24) is 0 Å². The molecule has 2 aromatic carbocycles. The minimum absolute atomic E-state index is 1.09. The van der Waals surface area contributed by atoms with Crippen molar-refractivity contribution in [2.24, 2.45) is 0 Å². The van der Waals surface area contributed by atoms with Gasteiger partial charge in [-0.1, -0.05) is 17.9 Å². The Kier molecular flexibility index (Phi) is 4.29. The molecule has 0 saturated carbocycles. The summed E-state index contributed by atoms with van der Waals surface area (Å²) in [5.41, 5.74) is 7.03. The molecule has 0 atom stereocenters. The van der Waals surface area contributed by atoms with Crippen LogP contribution in [0.25, 0.3) is 11.3 Å². The van der Waals surface area contributed by atoms with Crippen LogP contribution in [0.15, 0.2) is 109 Å². The number of hydrogen-bond donors (Lipinski definition) is 0. The van der Waals surface area contributed by atoms with Crippen LogP contribution in [-0.4, -0.2) is 0 Å². The second kappa shape index (κ2) is 7.05. The number of rotatable bonds is 1. The molecular formula is C25H18. The Bertz CT molecular complexity index is 983. The normalized spacial score (nSPS) is 15.3. The molecule has 0 heteroatoms. The smallest absolute Gasteiger partial charge is 0.0826 e. The van der Waals surface area contributed by atoms with Crippen LogP contribution in [0.5, 0.6) is 0 Å².